The van der Waals surface area contributed by atoms with Gasteiger partial charge in [-0.15, -0.1) is 0 Å². The molecule has 158 valence electrons. The lowest BCUT2D eigenvalue weighted by Crippen LogP contribution is -2.46. The molecule has 0 fully saturated rings. The van der Waals surface area contributed by atoms with Gasteiger partial charge in [0.25, 0.3) is 5.91 Å². The summed E-state index contributed by atoms with van der Waals surface area (Å²) in [5.74, 6) is 0.848. The van der Waals surface area contributed by atoms with E-state index in [-0.39, 0.29) is 11.9 Å². The van der Waals surface area contributed by atoms with Crippen molar-refractivity contribution >= 4 is 17.6 Å². The van der Waals surface area contributed by atoms with Gasteiger partial charge >= 0.3 is 6.03 Å². The van der Waals surface area contributed by atoms with Gasteiger partial charge in [0.15, 0.2) is 11.5 Å². The number of aryl methyl sites for hydroxylation is 2. The number of nitrogens with one attached hydrogen (secondary N) is 3. The highest BCUT2D eigenvalue weighted by molar-refractivity contribution is 6.06. The molecule has 7 nitrogen and oxygen atoms in total. The van der Waals surface area contributed by atoms with Gasteiger partial charge in [-0.05, 0) is 68.7 Å². The lowest BCUT2D eigenvalue weighted by molar-refractivity contribution is -0.113. The number of allylic oxidation sites excluding steroid dienone is 1. The van der Waals surface area contributed by atoms with Crippen molar-refractivity contribution in [3.8, 4) is 11.5 Å². The molecular formula is C23H27N3O4. The average molecular weight is 409 g/mol. The van der Waals surface area contributed by atoms with E-state index < -0.39 is 6.04 Å². The minimum Gasteiger partial charge on any atom is -0.493 e. The number of rotatable bonds is 6. The van der Waals surface area contributed by atoms with Crippen molar-refractivity contribution < 1.29 is 19.1 Å². The Balaban J connectivity index is 1.96. The summed E-state index contributed by atoms with van der Waals surface area (Å²) in [6.45, 7) is 8.12. The maximum atomic E-state index is 13.2. The molecular weight excluding hydrogens is 382 g/mol. The Morgan fingerprint density at radius 3 is 2.50 bits per heavy atom. The van der Waals surface area contributed by atoms with Crippen LogP contribution in [0.4, 0.5) is 10.5 Å². The molecule has 3 N–H and O–H groups in total. The fourth-order valence-corrected chi connectivity index (χ4v) is 3.40. The second-order valence-corrected chi connectivity index (χ2v) is 7.17. The molecule has 0 saturated heterocycles. The van der Waals surface area contributed by atoms with E-state index in [1.165, 1.54) is 0 Å². The second-order valence-electron chi connectivity index (χ2n) is 7.17. The van der Waals surface area contributed by atoms with Crippen molar-refractivity contribution in [2.24, 2.45) is 0 Å². The molecule has 1 atom stereocenters. The molecule has 3 rings (SSSR count). The summed E-state index contributed by atoms with van der Waals surface area (Å²) in [6, 6.07) is 10.1. The van der Waals surface area contributed by atoms with Gasteiger partial charge < -0.3 is 25.4 Å². The molecule has 2 aromatic carbocycles. The highest BCUT2D eigenvalue weighted by Crippen LogP contribution is 2.34. The number of hydrogen-bond acceptors (Lipinski definition) is 4. The molecule has 1 aliphatic heterocycles. The summed E-state index contributed by atoms with van der Waals surface area (Å²) >= 11 is 0. The van der Waals surface area contributed by atoms with Crippen LogP contribution < -0.4 is 25.4 Å². The van der Waals surface area contributed by atoms with E-state index in [4.69, 9.17) is 9.47 Å². The number of carbonyl (C=O) groups is 2. The van der Waals surface area contributed by atoms with Gasteiger partial charge in [0, 0.05) is 11.4 Å². The maximum Gasteiger partial charge on any atom is 0.319 e. The number of methoxy groups -OCH3 is 1. The van der Waals surface area contributed by atoms with Crippen molar-refractivity contribution in [3.63, 3.8) is 0 Å². The zero-order valence-electron chi connectivity index (χ0n) is 17.9. The third-order valence-corrected chi connectivity index (χ3v) is 5.10. The first kappa shape index (κ1) is 21.2. The van der Waals surface area contributed by atoms with E-state index in [1.807, 2.05) is 45.0 Å². The van der Waals surface area contributed by atoms with Crippen molar-refractivity contribution in [2.45, 2.75) is 33.7 Å². The summed E-state index contributed by atoms with van der Waals surface area (Å²) in [7, 11) is 1.55. The summed E-state index contributed by atoms with van der Waals surface area (Å²) in [6.07, 6.45) is 0. The number of urea groups is 1. The van der Waals surface area contributed by atoms with Crippen LogP contribution >= 0.6 is 0 Å². The SMILES string of the molecule is CCOc1ccc(C2NC(=O)NC(C)=C2C(=O)Nc2ccc(C)c(C)c2)cc1OC. The van der Waals surface area contributed by atoms with Crippen LogP contribution in [0.2, 0.25) is 0 Å². The predicted molar refractivity (Wildman–Crippen MR) is 116 cm³/mol. The third kappa shape index (κ3) is 4.40. The molecule has 0 aromatic heterocycles. The Morgan fingerprint density at radius 2 is 1.83 bits per heavy atom. The standard InChI is InChI=1S/C23H27N3O4/c1-6-30-18-10-8-16(12-19(18)29-5)21-20(15(4)24-23(28)26-21)22(27)25-17-9-7-13(2)14(3)11-17/h7-12,21H,6H2,1-5H3,(H,25,27)(H2,24,26,28). The Hall–Kier alpha value is -3.48. The first-order chi connectivity index (χ1) is 14.3. The second kappa shape index (κ2) is 8.90. The molecule has 0 saturated carbocycles. The van der Waals surface area contributed by atoms with Crippen LogP contribution in [-0.4, -0.2) is 25.7 Å². The lowest BCUT2D eigenvalue weighted by atomic mass is 9.94. The van der Waals surface area contributed by atoms with Crippen LogP contribution in [0.25, 0.3) is 0 Å². The van der Waals surface area contributed by atoms with Crippen LogP contribution in [0.5, 0.6) is 11.5 Å². The Bertz CT molecular complexity index is 1010. The van der Waals surface area contributed by atoms with E-state index in [0.717, 1.165) is 16.7 Å². The van der Waals surface area contributed by atoms with Crippen LogP contribution in [0.1, 0.15) is 36.6 Å². The summed E-state index contributed by atoms with van der Waals surface area (Å²) in [5.41, 5.74) is 4.57. The van der Waals surface area contributed by atoms with Gasteiger partial charge in [-0.2, -0.15) is 0 Å². The topological polar surface area (TPSA) is 88.7 Å². The smallest absolute Gasteiger partial charge is 0.319 e. The van der Waals surface area contributed by atoms with E-state index in [9.17, 15) is 9.59 Å². The van der Waals surface area contributed by atoms with Crippen LogP contribution in [0.15, 0.2) is 47.7 Å². The fourth-order valence-electron chi connectivity index (χ4n) is 3.40. The average Bonchev–Trinajstić information content (AvgIpc) is 2.70. The minimum atomic E-state index is -0.630. The molecule has 3 amide bonds. The highest BCUT2D eigenvalue weighted by Gasteiger charge is 2.31. The molecule has 7 heteroatoms. The van der Waals surface area contributed by atoms with Gasteiger partial charge in [0.2, 0.25) is 0 Å². The molecule has 1 unspecified atom stereocenters. The Morgan fingerprint density at radius 1 is 1.07 bits per heavy atom. The van der Waals surface area contributed by atoms with Gasteiger partial charge in [-0.3, -0.25) is 4.79 Å². The van der Waals surface area contributed by atoms with E-state index in [1.54, 1.807) is 26.2 Å². The molecule has 0 aliphatic carbocycles. The van der Waals surface area contributed by atoms with Gasteiger partial charge in [-0.1, -0.05) is 12.1 Å². The Kier molecular flexibility index (Phi) is 6.30. The van der Waals surface area contributed by atoms with E-state index in [0.29, 0.717) is 35.1 Å². The Labute approximate surface area is 176 Å². The van der Waals surface area contributed by atoms with Crippen molar-refractivity contribution in [3.05, 3.63) is 64.4 Å². The lowest BCUT2D eigenvalue weighted by Gasteiger charge is -2.29. The zero-order valence-corrected chi connectivity index (χ0v) is 17.9. The summed E-state index contributed by atoms with van der Waals surface area (Å²) < 4.78 is 11.0. The first-order valence-corrected chi connectivity index (χ1v) is 9.81. The molecule has 0 spiro atoms. The fraction of sp³-hybridized carbons (Fsp3) is 0.304. The molecule has 30 heavy (non-hydrogen) atoms. The number of ether oxygens (including phenoxy) is 2. The third-order valence-electron chi connectivity index (χ3n) is 5.10. The van der Waals surface area contributed by atoms with Gasteiger partial charge in [0.05, 0.1) is 25.3 Å². The van der Waals surface area contributed by atoms with Crippen molar-refractivity contribution in [1.82, 2.24) is 10.6 Å². The highest BCUT2D eigenvalue weighted by atomic mass is 16.5. The zero-order chi connectivity index (χ0) is 21.8. The maximum absolute atomic E-state index is 13.2. The number of anilines is 1. The predicted octanol–water partition coefficient (Wildman–Crippen LogP) is 3.98. The number of benzene rings is 2. The van der Waals surface area contributed by atoms with Gasteiger partial charge in [-0.25, -0.2) is 4.79 Å². The van der Waals surface area contributed by atoms with Gasteiger partial charge in [0.1, 0.15) is 0 Å². The first-order valence-electron chi connectivity index (χ1n) is 9.81. The molecule has 0 bridgehead atoms. The minimum absolute atomic E-state index is 0.291. The number of amides is 3. The van der Waals surface area contributed by atoms with Crippen LogP contribution in [0, 0.1) is 13.8 Å². The van der Waals surface area contributed by atoms with Crippen molar-refractivity contribution in [1.29, 1.82) is 0 Å². The van der Waals surface area contributed by atoms with Crippen molar-refractivity contribution in [2.75, 3.05) is 19.0 Å². The monoisotopic (exact) mass is 409 g/mol. The van der Waals surface area contributed by atoms with Crippen LogP contribution in [-0.2, 0) is 4.79 Å². The molecule has 1 heterocycles. The van der Waals surface area contributed by atoms with E-state index >= 15 is 0 Å². The molecule has 0 radical (unpaired) electrons. The largest absolute Gasteiger partial charge is 0.493 e. The normalized spacial score (nSPS) is 15.9. The number of carbonyl (C=O) groups excluding carboxylic acids is 2. The quantitative estimate of drug-likeness (QED) is 0.673. The number of hydrogen-bond donors (Lipinski definition) is 3. The van der Waals surface area contributed by atoms with Crippen LogP contribution in [0.3, 0.4) is 0 Å². The summed E-state index contributed by atoms with van der Waals surface area (Å²) in [5, 5.41) is 8.47. The molecule has 1 aliphatic rings. The summed E-state index contributed by atoms with van der Waals surface area (Å²) in [4.78, 5) is 25.3. The molecule has 2 aromatic rings. The van der Waals surface area contributed by atoms with E-state index in [2.05, 4.69) is 16.0 Å².